The molecule has 1 N–H and O–H groups in total. The van der Waals surface area contributed by atoms with E-state index in [1.807, 2.05) is 39.0 Å². The number of likely N-dealkylation sites (N-methyl/N-ethyl adjacent to an activating group) is 1. The molecule has 0 radical (unpaired) electrons. The van der Waals surface area contributed by atoms with Gasteiger partial charge in [-0.15, -0.1) is 0 Å². The summed E-state index contributed by atoms with van der Waals surface area (Å²) in [5.74, 6) is 0.0527. The lowest BCUT2D eigenvalue weighted by Gasteiger charge is -2.22. The van der Waals surface area contributed by atoms with Crippen molar-refractivity contribution in [1.82, 2.24) is 10.4 Å². The maximum atomic E-state index is 12.9. The van der Waals surface area contributed by atoms with Gasteiger partial charge in [0.2, 0.25) is 0 Å². The third-order valence-corrected chi connectivity index (χ3v) is 4.31. The SMILES string of the molecule is C=C/C=C(\C=C(/C)c1ccccc1C(=O)NC(CC)C(=O)N(C)OC)OCCC. The topological polar surface area (TPSA) is 67.9 Å². The van der Waals surface area contributed by atoms with E-state index in [0.717, 1.165) is 22.6 Å². The third-order valence-electron chi connectivity index (χ3n) is 4.31. The molecule has 6 heteroatoms. The summed E-state index contributed by atoms with van der Waals surface area (Å²) in [5.41, 5.74) is 2.12. The molecule has 0 saturated heterocycles. The van der Waals surface area contributed by atoms with Crippen LogP contribution in [-0.2, 0) is 14.4 Å². The molecule has 1 aromatic carbocycles. The summed E-state index contributed by atoms with van der Waals surface area (Å²) in [5, 5.41) is 3.92. The van der Waals surface area contributed by atoms with Crippen LogP contribution in [0, 0.1) is 0 Å². The minimum Gasteiger partial charge on any atom is -0.494 e. The van der Waals surface area contributed by atoms with Gasteiger partial charge in [-0.3, -0.25) is 14.4 Å². The first-order valence-electron chi connectivity index (χ1n) is 9.75. The van der Waals surface area contributed by atoms with Gasteiger partial charge in [0.25, 0.3) is 11.8 Å². The molecule has 158 valence electrons. The molecule has 0 fully saturated rings. The van der Waals surface area contributed by atoms with Gasteiger partial charge in [-0.25, -0.2) is 5.06 Å². The second kappa shape index (κ2) is 12.6. The summed E-state index contributed by atoms with van der Waals surface area (Å²) in [6, 6.07) is 6.60. The van der Waals surface area contributed by atoms with Crippen LogP contribution in [0.15, 0.2) is 54.8 Å². The fourth-order valence-corrected chi connectivity index (χ4v) is 2.67. The zero-order valence-corrected chi connectivity index (χ0v) is 18.0. The highest BCUT2D eigenvalue weighted by molar-refractivity contribution is 6.01. The minimum absolute atomic E-state index is 0.308. The van der Waals surface area contributed by atoms with Gasteiger partial charge < -0.3 is 10.1 Å². The number of carbonyl (C=O) groups excluding carboxylic acids is 2. The van der Waals surface area contributed by atoms with Crippen LogP contribution < -0.4 is 5.32 Å². The fourth-order valence-electron chi connectivity index (χ4n) is 2.67. The van der Waals surface area contributed by atoms with E-state index in [0.29, 0.717) is 24.4 Å². The molecule has 29 heavy (non-hydrogen) atoms. The van der Waals surface area contributed by atoms with Crippen molar-refractivity contribution in [2.45, 2.75) is 39.7 Å². The quantitative estimate of drug-likeness (QED) is 0.345. The Labute approximate surface area is 173 Å². The first-order chi connectivity index (χ1) is 13.9. The van der Waals surface area contributed by atoms with Crippen LogP contribution in [0.25, 0.3) is 5.57 Å². The molecular weight excluding hydrogens is 368 g/mol. The van der Waals surface area contributed by atoms with E-state index in [1.165, 1.54) is 14.2 Å². The highest BCUT2D eigenvalue weighted by Crippen LogP contribution is 2.21. The maximum Gasteiger partial charge on any atom is 0.268 e. The van der Waals surface area contributed by atoms with Crippen molar-refractivity contribution in [1.29, 1.82) is 0 Å². The number of carbonyl (C=O) groups is 2. The van der Waals surface area contributed by atoms with E-state index in [2.05, 4.69) is 11.9 Å². The molecule has 0 aliphatic heterocycles. The van der Waals surface area contributed by atoms with Gasteiger partial charge in [-0.2, -0.15) is 0 Å². The molecule has 0 saturated carbocycles. The maximum absolute atomic E-state index is 12.9. The van der Waals surface area contributed by atoms with Crippen molar-refractivity contribution in [3.8, 4) is 0 Å². The predicted molar refractivity (Wildman–Crippen MR) is 116 cm³/mol. The van der Waals surface area contributed by atoms with Crippen LogP contribution in [0.4, 0.5) is 0 Å². The zero-order chi connectivity index (χ0) is 21.8. The summed E-state index contributed by atoms with van der Waals surface area (Å²) in [6.07, 6.45) is 6.67. The van der Waals surface area contributed by atoms with Crippen LogP contribution in [0.5, 0.6) is 0 Å². The average molecular weight is 401 g/mol. The molecule has 1 aromatic rings. The Morgan fingerprint density at radius 1 is 1.24 bits per heavy atom. The second-order valence-corrected chi connectivity index (χ2v) is 6.48. The largest absolute Gasteiger partial charge is 0.494 e. The van der Waals surface area contributed by atoms with E-state index >= 15 is 0 Å². The molecule has 0 bridgehead atoms. The summed E-state index contributed by atoms with van der Waals surface area (Å²) < 4.78 is 5.73. The number of hydrogen-bond donors (Lipinski definition) is 1. The molecule has 0 aliphatic rings. The number of nitrogens with one attached hydrogen (secondary N) is 1. The lowest BCUT2D eigenvalue weighted by molar-refractivity contribution is -0.170. The number of hydrogen-bond acceptors (Lipinski definition) is 4. The van der Waals surface area contributed by atoms with Gasteiger partial charge in [-0.05, 0) is 49.1 Å². The van der Waals surface area contributed by atoms with Gasteiger partial charge >= 0.3 is 0 Å². The normalized spacial score (nSPS) is 12.9. The van der Waals surface area contributed by atoms with Gasteiger partial charge in [0.15, 0.2) is 0 Å². The zero-order valence-electron chi connectivity index (χ0n) is 18.0. The molecular formula is C23H32N2O4. The van der Waals surface area contributed by atoms with Gasteiger partial charge in [-0.1, -0.05) is 44.7 Å². The molecule has 0 spiro atoms. The molecule has 1 unspecified atom stereocenters. The Morgan fingerprint density at radius 2 is 1.90 bits per heavy atom. The molecule has 1 atom stereocenters. The first kappa shape index (κ1) is 24.2. The molecule has 0 aliphatic carbocycles. The Balaban J connectivity index is 3.15. The number of amides is 2. The van der Waals surface area contributed by atoms with Crippen molar-refractivity contribution < 1.29 is 19.2 Å². The van der Waals surface area contributed by atoms with E-state index in [4.69, 9.17) is 9.57 Å². The van der Waals surface area contributed by atoms with Crippen molar-refractivity contribution in [2.24, 2.45) is 0 Å². The first-order valence-corrected chi connectivity index (χ1v) is 9.75. The van der Waals surface area contributed by atoms with Gasteiger partial charge in [0.1, 0.15) is 11.8 Å². The number of nitrogens with zero attached hydrogens (tertiary/aromatic N) is 1. The van der Waals surface area contributed by atoms with Crippen LogP contribution in [0.2, 0.25) is 0 Å². The number of benzene rings is 1. The van der Waals surface area contributed by atoms with Crippen molar-refractivity contribution in [3.63, 3.8) is 0 Å². The van der Waals surface area contributed by atoms with Crippen LogP contribution in [-0.4, -0.2) is 43.7 Å². The molecule has 0 heterocycles. The Hall–Kier alpha value is -2.86. The average Bonchev–Trinajstić information content (AvgIpc) is 2.74. The lowest BCUT2D eigenvalue weighted by atomic mass is 9.99. The highest BCUT2D eigenvalue weighted by Gasteiger charge is 2.24. The fraction of sp³-hybridized carbons (Fsp3) is 0.391. The second-order valence-electron chi connectivity index (χ2n) is 6.48. The Kier molecular flexibility index (Phi) is 10.5. The van der Waals surface area contributed by atoms with Crippen molar-refractivity contribution in [2.75, 3.05) is 20.8 Å². The third kappa shape index (κ3) is 7.23. The van der Waals surface area contributed by atoms with Gasteiger partial charge in [0.05, 0.1) is 13.7 Å². The van der Waals surface area contributed by atoms with Crippen LogP contribution in [0.1, 0.15) is 49.5 Å². The van der Waals surface area contributed by atoms with Gasteiger partial charge in [0, 0.05) is 12.6 Å². The molecule has 6 nitrogen and oxygen atoms in total. The Bertz CT molecular complexity index is 768. The molecule has 0 aromatic heterocycles. The highest BCUT2D eigenvalue weighted by atomic mass is 16.7. The number of ether oxygens (including phenoxy) is 1. The van der Waals surface area contributed by atoms with E-state index in [1.54, 1.807) is 24.3 Å². The van der Waals surface area contributed by atoms with Crippen molar-refractivity contribution in [3.05, 3.63) is 66.0 Å². The summed E-state index contributed by atoms with van der Waals surface area (Å²) in [6.45, 7) is 10.1. The van der Waals surface area contributed by atoms with E-state index < -0.39 is 6.04 Å². The van der Waals surface area contributed by atoms with Crippen molar-refractivity contribution >= 4 is 17.4 Å². The molecule has 2 amide bonds. The summed E-state index contributed by atoms with van der Waals surface area (Å²) >= 11 is 0. The summed E-state index contributed by atoms with van der Waals surface area (Å²) in [7, 11) is 2.92. The monoisotopic (exact) mass is 400 g/mol. The van der Waals surface area contributed by atoms with E-state index in [-0.39, 0.29) is 11.8 Å². The summed E-state index contributed by atoms with van der Waals surface area (Å²) in [4.78, 5) is 30.2. The number of allylic oxidation sites excluding steroid dienone is 4. The van der Waals surface area contributed by atoms with Crippen LogP contribution in [0.3, 0.4) is 0 Å². The van der Waals surface area contributed by atoms with Crippen LogP contribution >= 0.6 is 0 Å². The molecule has 1 rings (SSSR count). The Morgan fingerprint density at radius 3 is 2.45 bits per heavy atom. The smallest absolute Gasteiger partial charge is 0.268 e. The standard InChI is InChI=1S/C23H32N2O4/c1-7-12-18(29-15-8-2)16-17(4)19-13-10-11-14-20(19)22(26)24-21(9-3)23(27)25(5)28-6/h7,10-14,16,21H,1,8-9,15H2,2-6H3,(H,24,26)/b17-16+,18-12+. The predicted octanol–water partition coefficient (Wildman–Crippen LogP) is 4.11. The number of hydroxylamine groups is 2. The number of rotatable bonds is 11. The minimum atomic E-state index is -0.672. The lowest BCUT2D eigenvalue weighted by Crippen LogP contribution is -2.46. The van der Waals surface area contributed by atoms with E-state index in [9.17, 15) is 9.59 Å².